The maximum absolute atomic E-state index is 12.1. The fourth-order valence-corrected chi connectivity index (χ4v) is 3.30. The number of carbonyl (C=O) groups is 2. The minimum absolute atomic E-state index is 0.0340. The number of hydrogen-bond acceptors (Lipinski definition) is 4. The average Bonchev–Trinajstić information content (AvgIpc) is 3.01. The van der Waals surface area contributed by atoms with E-state index >= 15 is 0 Å². The van der Waals surface area contributed by atoms with Gasteiger partial charge in [0.15, 0.2) is 5.13 Å². The maximum atomic E-state index is 12.1. The summed E-state index contributed by atoms with van der Waals surface area (Å²) in [6.45, 7) is 6.45. The van der Waals surface area contributed by atoms with Crippen LogP contribution in [0.15, 0.2) is 35.7 Å². The van der Waals surface area contributed by atoms with Crippen LogP contribution in [0.25, 0.3) is 0 Å². The topological polar surface area (TPSA) is 71.1 Å². The molecular weight excluding hydrogens is 346 g/mol. The number of benzene rings is 1. The molecule has 1 unspecified atom stereocenters. The Kier molecular flexibility index (Phi) is 7.78. The Hall–Kier alpha value is -2.21. The van der Waals surface area contributed by atoms with Gasteiger partial charge in [-0.15, -0.1) is 11.3 Å². The Morgan fingerprint density at radius 3 is 2.54 bits per heavy atom. The first-order valence-electron chi connectivity index (χ1n) is 9.04. The van der Waals surface area contributed by atoms with Gasteiger partial charge in [-0.05, 0) is 31.4 Å². The van der Waals surface area contributed by atoms with Gasteiger partial charge in [0.2, 0.25) is 5.91 Å². The SMILES string of the molecule is CC(C)CCCC(C)NC(=O)Cc1csc(NC(=O)c2ccccc2)n1. The molecule has 2 N–H and O–H groups in total. The molecule has 0 aliphatic rings. The van der Waals surface area contributed by atoms with Crippen LogP contribution in [-0.2, 0) is 11.2 Å². The highest BCUT2D eigenvalue weighted by Crippen LogP contribution is 2.17. The molecule has 140 valence electrons. The highest BCUT2D eigenvalue weighted by molar-refractivity contribution is 7.14. The summed E-state index contributed by atoms with van der Waals surface area (Å²) in [6.07, 6.45) is 3.51. The number of amides is 2. The van der Waals surface area contributed by atoms with Crippen LogP contribution < -0.4 is 10.6 Å². The van der Waals surface area contributed by atoms with Gasteiger partial charge in [0, 0.05) is 17.0 Å². The lowest BCUT2D eigenvalue weighted by molar-refractivity contribution is -0.121. The van der Waals surface area contributed by atoms with Gasteiger partial charge in [0.1, 0.15) is 0 Å². The Morgan fingerprint density at radius 1 is 1.12 bits per heavy atom. The number of carbonyl (C=O) groups excluding carboxylic acids is 2. The van der Waals surface area contributed by atoms with Gasteiger partial charge >= 0.3 is 0 Å². The van der Waals surface area contributed by atoms with Gasteiger partial charge in [-0.3, -0.25) is 14.9 Å². The largest absolute Gasteiger partial charge is 0.353 e. The first kappa shape index (κ1) is 20.1. The summed E-state index contributed by atoms with van der Waals surface area (Å²) in [5, 5.41) is 8.10. The van der Waals surface area contributed by atoms with Gasteiger partial charge in [-0.2, -0.15) is 0 Å². The summed E-state index contributed by atoms with van der Waals surface area (Å²) in [5.74, 6) is 0.459. The van der Waals surface area contributed by atoms with Crippen LogP contribution >= 0.6 is 11.3 Å². The van der Waals surface area contributed by atoms with Gasteiger partial charge in [-0.1, -0.05) is 44.9 Å². The van der Waals surface area contributed by atoms with Gasteiger partial charge in [0.25, 0.3) is 5.91 Å². The lowest BCUT2D eigenvalue weighted by Gasteiger charge is -2.14. The Balaban J connectivity index is 1.78. The van der Waals surface area contributed by atoms with Crippen molar-refractivity contribution in [2.45, 2.75) is 52.5 Å². The Bertz CT molecular complexity index is 713. The first-order valence-corrected chi connectivity index (χ1v) is 9.92. The number of thiazole rings is 1. The molecule has 1 aromatic carbocycles. The predicted octanol–water partition coefficient (Wildman–Crippen LogP) is 4.27. The third-order valence-electron chi connectivity index (χ3n) is 3.98. The van der Waals surface area contributed by atoms with E-state index in [9.17, 15) is 9.59 Å². The molecule has 1 atom stereocenters. The lowest BCUT2D eigenvalue weighted by atomic mass is 10.0. The molecule has 0 aliphatic heterocycles. The van der Waals surface area contributed by atoms with E-state index in [1.807, 2.05) is 30.5 Å². The molecule has 0 aliphatic carbocycles. The van der Waals surface area contributed by atoms with Crippen LogP contribution in [0.4, 0.5) is 5.13 Å². The van der Waals surface area contributed by atoms with Gasteiger partial charge < -0.3 is 5.32 Å². The van der Waals surface area contributed by atoms with E-state index < -0.39 is 0 Å². The van der Waals surface area contributed by atoms with E-state index in [0.29, 0.717) is 22.3 Å². The minimum Gasteiger partial charge on any atom is -0.353 e. The summed E-state index contributed by atoms with van der Waals surface area (Å²) in [7, 11) is 0. The zero-order valence-electron chi connectivity index (χ0n) is 15.6. The monoisotopic (exact) mass is 373 g/mol. The Morgan fingerprint density at radius 2 is 1.85 bits per heavy atom. The summed E-state index contributed by atoms with van der Waals surface area (Å²) in [5.41, 5.74) is 1.25. The van der Waals surface area contributed by atoms with Crippen molar-refractivity contribution in [2.24, 2.45) is 5.92 Å². The molecular formula is C20H27N3O2S. The lowest BCUT2D eigenvalue weighted by Crippen LogP contribution is -2.33. The normalized spacial score (nSPS) is 12.0. The molecule has 0 fully saturated rings. The first-order chi connectivity index (χ1) is 12.4. The van der Waals surface area contributed by atoms with Crippen molar-refractivity contribution in [3.8, 4) is 0 Å². The molecule has 6 heteroatoms. The standard InChI is InChI=1S/C20H27N3O2S/c1-14(2)8-7-9-15(3)21-18(24)12-17-13-26-20(22-17)23-19(25)16-10-5-4-6-11-16/h4-6,10-11,13-15H,7-9,12H2,1-3H3,(H,21,24)(H,22,23,25). The molecule has 1 aromatic heterocycles. The van der Waals surface area contributed by atoms with Crippen molar-refractivity contribution in [1.82, 2.24) is 10.3 Å². The molecule has 0 bridgehead atoms. The molecule has 2 rings (SSSR count). The van der Waals surface area contributed by atoms with Crippen molar-refractivity contribution < 1.29 is 9.59 Å². The number of rotatable bonds is 9. The zero-order valence-corrected chi connectivity index (χ0v) is 16.4. The second-order valence-electron chi connectivity index (χ2n) is 6.93. The highest BCUT2D eigenvalue weighted by atomic mass is 32.1. The summed E-state index contributed by atoms with van der Waals surface area (Å²) in [4.78, 5) is 28.6. The molecule has 5 nitrogen and oxygen atoms in total. The Labute approximate surface area is 159 Å². The van der Waals surface area contributed by atoms with E-state index in [0.717, 1.165) is 12.8 Å². The van der Waals surface area contributed by atoms with Crippen LogP contribution in [0.3, 0.4) is 0 Å². The quantitative estimate of drug-likeness (QED) is 0.689. The average molecular weight is 374 g/mol. The molecule has 0 saturated heterocycles. The van der Waals surface area contributed by atoms with Crippen LogP contribution in [0.2, 0.25) is 0 Å². The van der Waals surface area contributed by atoms with Crippen LogP contribution in [0.1, 0.15) is 56.1 Å². The van der Waals surface area contributed by atoms with Crippen molar-refractivity contribution in [1.29, 1.82) is 0 Å². The summed E-state index contributed by atoms with van der Waals surface area (Å²) < 4.78 is 0. The third kappa shape index (κ3) is 6.96. The number of nitrogens with one attached hydrogen (secondary N) is 2. The predicted molar refractivity (Wildman–Crippen MR) is 107 cm³/mol. The van der Waals surface area contributed by atoms with Crippen molar-refractivity contribution in [3.63, 3.8) is 0 Å². The fraction of sp³-hybridized carbons (Fsp3) is 0.450. The molecule has 1 heterocycles. The minimum atomic E-state index is -0.199. The smallest absolute Gasteiger partial charge is 0.257 e. The summed E-state index contributed by atoms with van der Waals surface area (Å²) >= 11 is 1.33. The molecule has 2 aromatic rings. The molecule has 26 heavy (non-hydrogen) atoms. The van der Waals surface area contributed by atoms with Crippen molar-refractivity contribution in [3.05, 3.63) is 47.0 Å². The second-order valence-corrected chi connectivity index (χ2v) is 7.79. The molecule has 0 saturated carbocycles. The fourth-order valence-electron chi connectivity index (χ4n) is 2.60. The highest BCUT2D eigenvalue weighted by Gasteiger charge is 2.12. The van der Waals surface area contributed by atoms with E-state index in [1.54, 1.807) is 12.1 Å². The van der Waals surface area contributed by atoms with E-state index in [4.69, 9.17) is 0 Å². The van der Waals surface area contributed by atoms with E-state index in [-0.39, 0.29) is 24.3 Å². The van der Waals surface area contributed by atoms with Crippen molar-refractivity contribution in [2.75, 3.05) is 5.32 Å². The number of anilines is 1. The van der Waals surface area contributed by atoms with Gasteiger partial charge in [-0.25, -0.2) is 4.98 Å². The van der Waals surface area contributed by atoms with Crippen LogP contribution in [-0.4, -0.2) is 22.8 Å². The molecule has 0 radical (unpaired) electrons. The third-order valence-corrected chi connectivity index (χ3v) is 4.78. The van der Waals surface area contributed by atoms with Crippen LogP contribution in [0, 0.1) is 5.92 Å². The molecule has 2 amide bonds. The van der Waals surface area contributed by atoms with Gasteiger partial charge in [0.05, 0.1) is 12.1 Å². The zero-order chi connectivity index (χ0) is 18.9. The van der Waals surface area contributed by atoms with Crippen molar-refractivity contribution >= 4 is 28.3 Å². The number of nitrogens with zero attached hydrogens (tertiary/aromatic N) is 1. The number of hydrogen-bond donors (Lipinski definition) is 2. The van der Waals surface area contributed by atoms with E-state index in [1.165, 1.54) is 17.8 Å². The number of aromatic nitrogens is 1. The van der Waals surface area contributed by atoms with Crippen LogP contribution in [0.5, 0.6) is 0 Å². The molecule has 0 spiro atoms. The maximum Gasteiger partial charge on any atom is 0.257 e. The summed E-state index contributed by atoms with van der Waals surface area (Å²) in [6, 6.07) is 9.15. The van der Waals surface area contributed by atoms with E-state index in [2.05, 4.69) is 29.5 Å². The second kappa shape index (κ2) is 10.1.